The van der Waals surface area contributed by atoms with E-state index in [0.717, 1.165) is 4.90 Å². The SMILES string of the molecule is CN1C(=O)NC2(CCN(C(=O)NCCNC(=O)c3ccc(F)cc3)CC2)C1=O. The summed E-state index contributed by atoms with van der Waals surface area (Å²) < 4.78 is 12.9. The second-order valence-corrected chi connectivity index (χ2v) is 6.86. The normalized spacial score (nSPS) is 18.2. The molecule has 0 radical (unpaired) electrons. The molecule has 6 amide bonds. The minimum Gasteiger partial charge on any atom is -0.350 e. The summed E-state index contributed by atoms with van der Waals surface area (Å²) in [6.45, 7) is 1.13. The van der Waals surface area contributed by atoms with E-state index in [9.17, 15) is 23.6 Å². The molecule has 2 saturated heterocycles. The molecule has 2 fully saturated rings. The van der Waals surface area contributed by atoms with Gasteiger partial charge < -0.3 is 20.9 Å². The standard InChI is InChI=1S/C18H22FN5O4/c1-23-15(26)18(22-17(23)28)6-10-24(11-7-18)16(27)21-9-8-20-14(25)12-2-4-13(19)5-3-12/h2-5H,6-11H2,1H3,(H,20,25)(H,21,27)(H,22,28). The highest BCUT2D eigenvalue weighted by Gasteiger charge is 2.51. The van der Waals surface area contributed by atoms with Gasteiger partial charge in [-0.1, -0.05) is 0 Å². The van der Waals surface area contributed by atoms with Gasteiger partial charge in [0.05, 0.1) is 0 Å². The minimum atomic E-state index is -0.911. The third-order valence-corrected chi connectivity index (χ3v) is 5.06. The Hall–Kier alpha value is -3.17. The van der Waals surface area contributed by atoms with Gasteiger partial charge in [0.15, 0.2) is 0 Å². The summed E-state index contributed by atoms with van der Waals surface area (Å²) in [5.41, 5.74) is -0.576. The first-order valence-electron chi connectivity index (χ1n) is 8.99. The van der Waals surface area contributed by atoms with Gasteiger partial charge in [0.1, 0.15) is 11.4 Å². The molecule has 0 aliphatic carbocycles. The van der Waals surface area contributed by atoms with Crippen LogP contribution in [0.3, 0.4) is 0 Å². The number of likely N-dealkylation sites (N-methyl/N-ethyl adjacent to an activating group) is 1. The van der Waals surface area contributed by atoms with Gasteiger partial charge in [0.25, 0.3) is 11.8 Å². The number of nitrogens with zero attached hydrogens (tertiary/aromatic N) is 2. The van der Waals surface area contributed by atoms with Crippen LogP contribution in [0.4, 0.5) is 14.0 Å². The number of nitrogens with one attached hydrogen (secondary N) is 3. The van der Waals surface area contributed by atoms with E-state index in [1.165, 1.54) is 31.3 Å². The van der Waals surface area contributed by atoms with E-state index < -0.39 is 17.4 Å². The van der Waals surface area contributed by atoms with Gasteiger partial charge in [0, 0.05) is 38.8 Å². The second kappa shape index (κ2) is 7.83. The summed E-state index contributed by atoms with van der Waals surface area (Å²) in [5, 5.41) is 8.07. The number of urea groups is 2. The quantitative estimate of drug-likeness (QED) is 0.506. The van der Waals surface area contributed by atoms with Crippen molar-refractivity contribution in [3.63, 3.8) is 0 Å². The van der Waals surface area contributed by atoms with Crippen molar-refractivity contribution in [1.82, 2.24) is 25.8 Å². The highest BCUT2D eigenvalue weighted by Crippen LogP contribution is 2.28. The third-order valence-electron chi connectivity index (χ3n) is 5.06. The van der Waals surface area contributed by atoms with Crippen LogP contribution in [-0.4, -0.2) is 72.4 Å². The molecule has 3 rings (SSSR count). The molecule has 2 aliphatic heterocycles. The van der Waals surface area contributed by atoms with Crippen LogP contribution in [0.15, 0.2) is 24.3 Å². The summed E-state index contributed by atoms with van der Waals surface area (Å²) in [6.07, 6.45) is 0.716. The van der Waals surface area contributed by atoms with Crippen molar-refractivity contribution in [2.24, 2.45) is 0 Å². The summed E-state index contributed by atoms with van der Waals surface area (Å²) in [5.74, 6) is -1.03. The average molecular weight is 391 g/mol. The molecule has 9 nitrogen and oxygen atoms in total. The summed E-state index contributed by atoms with van der Waals surface area (Å²) in [6, 6.07) is 4.46. The average Bonchev–Trinajstić information content (AvgIpc) is 2.89. The smallest absolute Gasteiger partial charge is 0.324 e. The summed E-state index contributed by atoms with van der Waals surface area (Å²) in [4.78, 5) is 50.7. The fraction of sp³-hybridized carbons (Fsp3) is 0.444. The van der Waals surface area contributed by atoms with Crippen molar-refractivity contribution in [1.29, 1.82) is 0 Å². The largest absolute Gasteiger partial charge is 0.350 e. The fourth-order valence-corrected chi connectivity index (χ4v) is 3.35. The number of piperidine rings is 1. The van der Waals surface area contributed by atoms with Crippen LogP contribution >= 0.6 is 0 Å². The van der Waals surface area contributed by atoms with Gasteiger partial charge in [-0.05, 0) is 37.1 Å². The number of amides is 6. The molecule has 3 N–H and O–H groups in total. The molecule has 0 bridgehead atoms. The predicted octanol–water partition coefficient (Wildman–Crippen LogP) is 0.281. The molecule has 2 aliphatic rings. The Morgan fingerprint density at radius 2 is 1.71 bits per heavy atom. The Morgan fingerprint density at radius 1 is 1.11 bits per heavy atom. The maximum atomic E-state index is 12.9. The fourth-order valence-electron chi connectivity index (χ4n) is 3.35. The van der Waals surface area contributed by atoms with Gasteiger partial charge >= 0.3 is 12.1 Å². The Kier molecular flexibility index (Phi) is 5.48. The molecule has 2 heterocycles. The van der Waals surface area contributed by atoms with Crippen LogP contribution in [0, 0.1) is 5.82 Å². The number of benzene rings is 1. The zero-order valence-corrected chi connectivity index (χ0v) is 15.5. The van der Waals surface area contributed by atoms with E-state index in [4.69, 9.17) is 0 Å². The Labute approximate surface area is 161 Å². The number of likely N-dealkylation sites (tertiary alicyclic amines) is 1. The van der Waals surface area contributed by atoms with E-state index in [2.05, 4.69) is 16.0 Å². The van der Waals surface area contributed by atoms with E-state index in [0.29, 0.717) is 31.5 Å². The predicted molar refractivity (Wildman–Crippen MR) is 97.0 cm³/mol. The molecule has 1 spiro atoms. The van der Waals surface area contributed by atoms with E-state index >= 15 is 0 Å². The van der Waals surface area contributed by atoms with E-state index in [-0.39, 0.29) is 30.9 Å². The molecule has 0 aromatic heterocycles. The minimum absolute atomic E-state index is 0.221. The van der Waals surface area contributed by atoms with Crippen molar-refractivity contribution in [3.05, 3.63) is 35.6 Å². The number of carbonyl (C=O) groups excluding carboxylic acids is 4. The van der Waals surface area contributed by atoms with Crippen molar-refractivity contribution in [2.45, 2.75) is 18.4 Å². The Morgan fingerprint density at radius 3 is 2.29 bits per heavy atom. The lowest BCUT2D eigenvalue weighted by atomic mass is 9.87. The van der Waals surface area contributed by atoms with Gasteiger partial charge in [-0.15, -0.1) is 0 Å². The molecular weight excluding hydrogens is 369 g/mol. The van der Waals surface area contributed by atoms with Gasteiger partial charge in [0.2, 0.25) is 0 Å². The summed E-state index contributed by atoms with van der Waals surface area (Å²) in [7, 11) is 1.44. The molecular formula is C18H22FN5O4. The Balaban J connectivity index is 1.39. The monoisotopic (exact) mass is 391 g/mol. The highest BCUT2D eigenvalue weighted by atomic mass is 19.1. The zero-order valence-electron chi connectivity index (χ0n) is 15.5. The van der Waals surface area contributed by atoms with Crippen LogP contribution in [-0.2, 0) is 4.79 Å². The maximum absolute atomic E-state index is 12.9. The number of halogens is 1. The Bertz CT molecular complexity index is 790. The first-order valence-corrected chi connectivity index (χ1v) is 8.99. The molecule has 0 saturated carbocycles. The third kappa shape index (κ3) is 3.90. The molecule has 28 heavy (non-hydrogen) atoms. The lowest BCUT2D eigenvalue weighted by Gasteiger charge is -2.37. The summed E-state index contributed by atoms with van der Waals surface area (Å²) >= 11 is 0. The van der Waals surface area contributed by atoms with Crippen LogP contribution < -0.4 is 16.0 Å². The first kappa shape index (κ1) is 19.6. The van der Waals surface area contributed by atoms with Crippen LogP contribution in [0.5, 0.6) is 0 Å². The zero-order chi connectivity index (χ0) is 20.3. The van der Waals surface area contributed by atoms with Crippen molar-refractivity contribution in [2.75, 3.05) is 33.2 Å². The molecule has 0 atom stereocenters. The number of hydrogen-bond acceptors (Lipinski definition) is 4. The number of imide groups is 1. The van der Waals surface area contributed by atoms with Gasteiger partial charge in [-0.2, -0.15) is 0 Å². The van der Waals surface area contributed by atoms with Gasteiger partial charge in [-0.25, -0.2) is 14.0 Å². The first-order chi connectivity index (χ1) is 13.3. The van der Waals surface area contributed by atoms with Crippen LogP contribution in [0.25, 0.3) is 0 Å². The van der Waals surface area contributed by atoms with Crippen LogP contribution in [0.2, 0.25) is 0 Å². The lowest BCUT2D eigenvalue weighted by molar-refractivity contribution is -0.131. The highest BCUT2D eigenvalue weighted by molar-refractivity contribution is 6.06. The molecule has 150 valence electrons. The van der Waals surface area contributed by atoms with E-state index in [1.807, 2.05) is 0 Å². The van der Waals surface area contributed by atoms with Crippen LogP contribution in [0.1, 0.15) is 23.2 Å². The lowest BCUT2D eigenvalue weighted by Crippen LogP contribution is -2.57. The molecule has 1 aromatic rings. The second-order valence-electron chi connectivity index (χ2n) is 6.86. The molecule has 1 aromatic carbocycles. The number of rotatable bonds is 4. The van der Waals surface area contributed by atoms with Gasteiger partial charge in [-0.3, -0.25) is 14.5 Å². The molecule has 10 heteroatoms. The molecule has 0 unspecified atom stereocenters. The van der Waals surface area contributed by atoms with Crippen molar-refractivity contribution >= 4 is 23.9 Å². The number of hydrogen-bond donors (Lipinski definition) is 3. The van der Waals surface area contributed by atoms with Crippen molar-refractivity contribution in [3.8, 4) is 0 Å². The maximum Gasteiger partial charge on any atom is 0.324 e. The van der Waals surface area contributed by atoms with Crippen molar-refractivity contribution < 1.29 is 23.6 Å². The topological polar surface area (TPSA) is 111 Å². The number of carbonyl (C=O) groups is 4. The van der Waals surface area contributed by atoms with E-state index in [1.54, 1.807) is 4.90 Å².